The molecule has 0 aromatic heterocycles. The van der Waals surface area contributed by atoms with Crippen LogP contribution in [-0.2, 0) is 9.53 Å². The van der Waals surface area contributed by atoms with E-state index in [1.54, 1.807) is 7.11 Å². The average Bonchev–Trinajstić information content (AvgIpc) is 2.27. The zero-order chi connectivity index (χ0) is 12.0. The van der Waals surface area contributed by atoms with Crippen LogP contribution in [-0.4, -0.2) is 37.4 Å². The number of aliphatic carboxylic acids is 1. The van der Waals surface area contributed by atoms with Crippen molar-refractivity contribution in [2.75, 3.05) is 20.3 Å². The van der Waals surface area contributed by atoms with Crippen LogP contribution in [0.25, 0.3) is 0 Å². The smallest absolute Gasteiger partial charge is 0.306 e. The van der Waals surface area contributed by atoms with E-state index in [2.05, 4.69) is 12.2 Å². The second kappa shape index (κ2) is 6.86. The predicted molar refractivity (Wildman–Crippen MR) is 62.4 cm³/mol. The number of carbonyl (C=O) groups is 1. The molecule has 3 unspecified atom stereocenters. The van der Waals surface area contributed by atoms with Gasteiger partial charge >= 0.3 is 5.97 Å². The van der Waals surface area contributed by atoms with Gasteiger partial charge < -0.3 is 15.2 Å². The molecular formula is C12H23NO3. The summed E-state index contributed by atoms with van der Waals surface area (Å²) in [6, 6.07) is 0.293. The fourth-order valence-electron chi connectivity index (χ4n) is 2.44. The Bertz CT molecular complexity index is 220. The first-order valence-electron chi connectivity index (χ1n) is 6.10. The third kappa shape index (κ3) is 4.10. The molecule has 0 bridgehead atoms. The van der Waals surface area contributed by atoms with Crippen molar-refractivity contribution in [2.45, 2.75) is 38.6 Å². The number of carboxylic acids is 1. The molecule has 0 radical (unpaired) electrons. The monoisotopic (exact) mass is 229 g/mol. The normalized spacial score (nSPS) is 27.6. The van der Waals surface area contributed by atoms with Crippen molar-refractivity contribution in [1.82, 2.24) is 5.32 Å². The van der Waals surface area contributed by atoms with Crippen molar-refractivity contribution in [3.05, 3.63) is 0 Å². The average molecular weight is 229 g/mol. The third-order valence-corrected chi connectivity index (χ3v) is 3.37. The first-order chi connectivity index (χ1) is 7.65. The summed E-state index contributed by atoms with van der Waals surface area (Å²) in [5.41, 5.74) is 0. The summed E-state index contributed by atoms with van der Waals surface area (Å²) in [6.07, 6.45) is 4.08. The molecule has 4 nitrogen and oxygen atoms in total. The molecule has 94 valence electrons. The van der Waals surface area contributed by atoms with Gasteiger partial charge in [-0.15, -0.1) is 0 Å². The molecule has 1 saturated carbocycles. The Kier molecular flexibility index (Phi) is 5.77. The summed E-state index contributed by atoms with van der Waals surface area (Å²) in [7, 11) is 1.68. The molecule has 4 heteroatoms. The van der Waals surface area contributed by atoms with Crippen molar-refractivity contribution < 1.29 is 14.6 Å². The molecule has 0 aliphatic heterocycles. The Hall–Kier alpha value is -0.610. The Morgan fingerprint density at radius 1 is 1.50 bits per heavy atom. The highest BCUT2D eigenvalue weighted by atomic mass is 16.5. The lowest BCUT2D eigenvalue weighted by molar-refractivity contribution is -0.144. The minimum atomic E-state index is -0.633. The highest BCUT2D eigenvalue weighted by molar-refractivity contribution is 5.70. The summed E-state index contributed by atoms with van der Waals surface area (Å²) in [5, 5.41) is 12.5. The molecule has 1 aliphatic rings. The number of rotatable bonds is 6. The third-order valence-electron chi connectivity index (χ3n) is 3.37. The van der Waals surface area contributed by atoms with Gasteiger partial charge in [-0.05, 0) is 32.2 Å². The molecule has 2 N–H and O–H groups in total. The Labute approximate surface area is 97.4 Å². The van der Waals surface area contributed by atoms with Crippen LogP contribution in [0, 0.1) is 11.8 Å². The van der Waals surface area contributed by atoms with Gasteiger partial charge in [0.25, 0.3) is 0 Å². The first kappa shape index (κ1) is 13.5. The van der Waals surface area contributed by atoms with Crippen LogP contribution in [0.5, 0.6) is 0 Å². The lowest BCUT2D eigenvalue weighted by Gasteiger charge is -2.29. The number of hydrogen-bond donors (Lipinski definition) is 2. The van der Waals surface area contributed by atoms with E-state index in [9.17, 15) is 4.79 Å². The van der Waals surface area contributed by atoms with Crippen molar-refractivity contribution in [3.8, 4) is 0 Å². The van der Waals surface area contributed by atoms with Gasteiger partial charge in [0.2, 0.25) is 0 Å². The maximum absolute atomic E-state index is 11.1. The first-order valence-corrected chi connectivity index (χ1v) is 6.10. The standard InChI is InChI=1S/C12H23NO3/c1-9(8-16-2)13-7-10-5-3-4-6-11(10)12(14)15/h9-11,13H,3-8H2,1-2H3,(H,14,15). The van der Waals surface area contributed by atoms with Gasteiger partial charge in [0.1, 0.15) is 0 Å². The van der Waals surface area contributed by atoms with E-state index in [1.165, 1.54) is 0 Å². The quantitative estimate of drug-likeness (QED) is 0.724. The Balaban J connectivity index is 2.35. The Morgan fingerprint density at radius 3 is 2.81 bits per heavy atom. The van der Waals surface area contributed by atoms with E-state index < -0.39 is 5.97 Å². The highest BCUT2D eigenvalue weighted by Gasteiger charge is 2.30. The number of hydrogen-bond acceptors (Lipinski definition) is 3. The molecule has 0 aromatic carbocycles. The summed E-state index contributed by atoms with van der Waals surface area (Å²) < 4.78 is 5.04. The molecule has 0 spiro atoms. The van der Waals surface area contributed by atoms with Crippen LogP contribution in [0.2, 0.25) is 0 Å². The van der Waals surface area contributed by atoms with Gasteiger partial charge in [-0.1, -0.05) is 12.8 Å². The predicted octanol–water partition coefficient (Wildman–Crippen LogP) is 1.50. The van der Waals surface area contributed by atoms with E-state index in [1.807, 2.05) is 0 Å². The van der Waals surface area contributed by atoms with Crippen LogP contribution in [0.4, 0.5) is 0 Å². The second-order valence-electron chi connectivity index (χ2n) is 4.75. The van der Waals surface area contributed by atoms with E-state index in [0.29, 0.717) is 12.6 Å². The summed E-state index contributed by atoms with van der Waals surface area (Å²) in [6.45, 7) is 3.52. The van der Waals surface area contributed by atoms with Gasteiger partial charge in [-0.3, -0.25) is 4.79 Å². The zero-order valence-corrected chi connectivity index (χ0v) is 10.2. The summed E-state index contributed by atoms with van der Waals surface area (Å²) in [4.78, 5) is 11.1. The van der Waals surface area contributed by atoms with Crippen LogP contribution in [0.1, 0.15) is 32.6 Å². The molecule has 1 aliphatic carbocycles. The van der Waals surface area contributed by atoms with Crippen molar-refractivity contribution >= 4 is 5.97 Å². The van der Waals surface area contributed by atoms with Crippen LogP contribution in [0.15, 0.2) is 0 Å². The molecule has 0 aromatic rings. The molecule has 0 amide bonds. The number of methoxy groups -OCH3 is 1. The van der Waals surface area contributed by atoms with Crippen LogP contribution < -0.4 is 5.32 Å². The molecule has 1 fully saturated rings. The molecular weight excluding hydrogens is 206 g/mol. The lowest BCUT2D eigenvalue weighted by Crippen LogP contribution is -2.39. The van der Waals surface area contributed by atoms with E-state index in [0.717, 1.165) is 32.2 Å². The highest BCUT2D eigenvalue weighted by Crippen LogP contribution is 2.29. The van der Waals surface area contributed by atoms with Gasteiger partial charge in [0, 0.05) is 13.2 Å². The van der Waals surface area contributed by atoms with Crippen molar-refractivity contribution in [2.24, 2.45) is 11.8 Å². The SMILES string of the molecule is COCC(C)NCC1CCCCC1C(=O)O. The summed E-state index contributed by atoms with van der Waals surface area (Å²) >= 11 is 0. The van der Waals surface area contributed by atoms with Gasteiger partial charge in [-0.25, -0.2) is 0 Å². The second-order valence-corrected chi connectivity index (χ2v) is 4.75. The fraction of sp³-hybridized carbons (Fsp3) is 0.917. The minimum Gasteiger partial charge on any atom is -0.481 e. The van der Waals surface area contributed by atoms with Crippen LogP contribution in [0.3, 0.4) is 0 Å². The molecule has 1 rings (SSSR count). The molecule has 0 heterocycles. The number of nitrogens with one attached hydrogen (secondary N) is 1. The largest absolute Gasteiger partial charge is 0.481 e. The van der Waals surface area contributed by atoms with Crippen molar-refractivity contribution in [1.29, 1.82) is 0 Å². The Morgan fingerprint density at radius 2 is 2.19 bits per heavy atom. The topological polar surface area (TPSA) is 58.6 Å². The zero-order valence-electron chi connectivity index (χ0n) is 10.2. The maximum atomic E-state index is 11.1. The fourth-order valence-corrected chi connectivity index (χ4v) is 2.44. The van der Waals surface area contributed by atoms with Crippen molar-refractivity contribution in [3.63, 3.8) is 0 Å². The minimum absolute atomic E-state index is 0.156. The molecule has 0 saturated heterocycles. The number of carboxylic acid groups (broad SMARTS) is 1. The summed E-state index contributed by atoms with van der Waals surface area (Å²) in [5.74, 6) is -0.507. The van der Waals surface area contributed by atoms with E-state index in [-0.39, 0.29) is 11.8 Å². The van der Waals surface area contributed by atoms with E-state index in [4.69, 9.17) is 9.84 Å². The van der Waals surface area contributed by atoms with Gasteiger partial charge in [-0.2, -0.15) is 0 Å². The molecule has 16 heavy (non-hydrogen) atoms. The number of ether oxygens (including phenoxy) is 1. The van der Waals surface area contributed by atoms with Gasteiger partial charge in [0.15, 0.2) is 0 Å². The maximum Gasteiger partial charge on any atom is 0.306 e. The van der Waals surface area contributed by atoms with Crippen LogP contribution >= 0.6 is 0 Å². The van der Waals surface area contributed by atoms with E-state index >= 15 is 0 Å². The van der Waals surface area contributed by atoms with Gasteiger partial charge in [0.05, 0.1) is 12.5 Å². The molecule has 3 atom stereocenters. The lowest BCUT2D eigenvalue weighted by atomic mass is 9.79.